The van der Waals surface area contributed by atoms with Gasteiger partial charge in [0.1, 0.15) is 0 Å². The molecule has 0 aliphatic rings. The maximum atomic E-state index is 12.5. The smallest absolute Gasteiger partial charge is 0.324 e. The summed E-state index contributed by atoms with van der Waals surface area (Å²) in [7, 11) is 0. The Morgan fingerprint density at radius 3 is 2.54 bits per heavy atom. The minimum absolute atomic E-state index is 0.258. The lowest BCUT2D eigenvalue weighted by Crippen LogP contribution is -2.22. The summed E-state index contributed by atoms with van der Waals surface area (Å²) in [6.45, 7) is 3.60. The number of anilines is 1. The molecule has 2 aromatic rings. The molecule has 1 N–H and O–H groups in total. The monoisotopic (exact) mass is 418 g/mol. The lowest BCUT2D eigenvalue weighted by atomic mass is 10.2. The van der Waals surface area contributed by atoms with Crippen LogP contribution in [0.3, 0.4) is 0 Å². The number of carbonyl (C=O) groups excluding carboxylic acids is 1. The molecule has 0 saturated heterocycles. The van der Waals surface area contributed by atoms with Crippen molar-refractivity contribution in [3.05, 3.63) is 52.1 Å². The molecule has 2 rings (SSSR count). The molecule has 0 saturated carbocycles. The molecule has 3 nitrogen and oxygen atoms in total. The number of aryl methyl sites for hydroxylation is 1. The molecule has 1 heterocycles. The number of hydrogen-bond acceptors (Lipinski definition) is 3. The van der Waals surface area contributed by atoms with Crippen molar-refractivity contribution in [2.75, 3.05) is 5.32 Å². The van der Waals surface area contributed by atoms with Gasteiger partial charge in [0.2, 0.25) is 5.91 Å². The highest BCUT2D eigenvalue weighted by atomic mass is 79.9. The normalized spacial score (nSPS) is 12.8. The first-order chi connectivity index (χ1) is 11.2. The van der Waals surface area contributed by atoms with E-state index in [0.29, 0.717) is 10.7 Å². The molecular weight excluding hydrogens is 405 g/mol. The van der Waals surface area contributed by atoms with Gasteiger partial charge in [-0.2, -0.15) is 13.2 Å². The maximum absolute atomic E-state index is 12.5. The first-order valence-electron chi connectivity index (χ1n) is 6.94. The Bertz CT molecular complexity index is 735. The van der Waals surface area contributed by atoms with E-state index in [4.69, 9.17) is 0 Å². The molecule has 1 amide bonds. The zero-order chi connectivity index (χ0) is 17.9. The number of aromatic nitrogens is 1. The van der Waals surface area contributed by atoms with Crippen LogP contribution in [0.2, 0.25) is 0 Å². The van der Waals surface area contributed by atoms with Crippen LogP contribution in [0.15, 0.2) is 46.0 Å². The van der Waals surface area contributed by atoms with E-state index in [1.807, 2.05) is 19.1 Å². The fraction of sp³-hybridized carbons (Fsp3) is 0.250. The molecule has 0 aliphatic carbocycles. The van der Waals surface area contributed by atoms with E-state index in [9.17, 15) is 18.0 Å². The van der Waals surface area contributed by atoms with Crippen LogP contribution < -0.4 is 5.32 Å². The number of halogens is 4. The Morgan fingerprint density at radius 1 is 1.29 bits per heavy atom. The lowest BCUT2D eigenvalue weighted by Gasteiger charge is -2.13. The van der Waals surface area contributed by atoms with Crippen molar-refractivity contribution in [3.63, 3.8) is 0 Å². The summed E-state index contributed by atoms with van der Waals surface area (Å²) in [5.74, 6) is -0.258. The second kappa shape index (κ2) is 7.57. The van der Waals surface area contributed by atoms with Crippen molar-refractivity contribution in [2.45, 2.75) is 30.3 Å². The van der Waals surface area contributed by atoms with Crippen LogP contribution in [0.25, 0.3) is 0 Å². The van der Waals surface area contributed by atoms with Crippen molar-refractivity contribution in [3.8, 4) is 0 Å². The van der Waals surface area contributed by atoms with Gasteiger partial charge in [-0.1, -0.05) is 17.8 Å². The highest BCUT2D eigenvalue weighted by molar-refractivity contribution is 9.10. The van der Waals surface area contributed by atoms with Crippen molar-refractivity contribution in [2.24, 2.45) is 0 Å². The van der Waals surface area contributed by atoms with E-state index in [1.54, 1.807) is 13.0 Å². The third kappa shape index (κ3) is 4.98. The molecule has 1 unspecified atom stereocenters. The van der Waals surface area contributed by atoms with Crippen molar-refractivity contribution in [1.82, 2.24) is 4.98 Å². The quantitative estimate of drug-likeness (QED) is 0.685. The van der Waals surface area contributed by atoms with Gasteiger partial charge < -0.3 is 5.32 Å². The molecule has 0 spiro atoms. The van der Waals surface area contributed by atoms with Crippen molar-refractivity contribution in [1.29, 1.82) is 0 Å². The average Bonchev–Trinajstić information content (AvgIpc) is 2.49. The van der Waals surface area contributed by atoms with Crippen LogP contribution in [-0.2, 0) is 11.0 Å². The van der Waals surface area contributed by atoms with Gasteiger partial charge in [0.25, 0.3) is 0 Å². The Labute approximate surface area is 150 Å². The fourth-order valence-electron chi connectivity index (χ4n) is 1.81. The Balaban J connectivity index is 2.01. The average molecular weight is 419 g/mol. The number of amides is 1. The molecule has 0 bridgehead atoms. The van der Waals surface area contributed by atoms with E-state index >= 15 is 0 Å². The van der Waals surface area contributed by atoms with Gasteiger partial charge in [0, 0.05) is 10.7 Å². The zero-order valence-electron chi connectivity index (χ0n) is 12.8. The molecule has 0 radical (unpaired) electrons. The van der Waals surface area contributed by atoms with Crippen LogP contribution in [0.5, 0.6) is 0 Å². The topological polar surface area (TPSA) is 42.0 Å². The van der Waals surface area contributed by atoms with E-state index in [1.165, 1.54) is 6.07 Å². The molecule has 1 aromatic carbocycles. The molecular formula is C16H14BrF3N2OS. The molecule has 128 valence electrons. The summed E-state index contributed by atoms with van der Waals surface area (Å²) in [6.07, 6.45) is -3.65. The number of alkyl halides is 3. The molecule has 8 heteroatoms. The number of nitrogens with one attached hydrogen (secondary N) is 1. The number of benzene rings is 1. The molecule has 0 aliphatic heterocycles. The van der Waals surface area contributed by atoms with Crippen molar-refractivity contribution >= 4 is 39.3 Å². The highest BCUT2D eigenvalue weighted by Crippen LogP contribution is 2.31. The summed E-state index contributed by atoms with van der Waals surface area (Å²) in [5, 5.41) is 2.62. The number of rotatable bonds is 4. The summed E-state index contributed by atoms with van der Waals surface area (Å²) in [4.78, 5) is 16.0. The maximum Gasteiger partial charge on any atom is 0.417 e. The van der Waals surface area contributed by atoms with Gasteiger partial charge >= 0.3 is 6.18 Å². The predicted molar refractivity (Wildman–Crippen MR) is 92.1 cm³/mol. The van der Waals surface area contributed by atoms with Crippen molar-refractivity contribution < 1.29 is 18.0 Å². The third-order valence-electron chi connectivity index (χ3n) is 3.11. The standard InChI is InChI=1S/C16H14BrF3N2OS/c1-9-3-5-13(12(17)7-9)22-15(23)10(2)24-14-6-4-11(8-21-14)16(18,19)20/h3-8,10H,1-2H3,(H,22,23). The zero-order valence-corrected chi connectivity index (χ0v) is 15.2. The van der Waals surface area contributed by atoms with Gasteiger partial charge in [-0.05, 0) is 59.6 Å². The fourth-order valence-corrected chi connectivity index (χ4v) is 3.19. The first-order valence-corrected chi connectivity index (χ1v) is 8.61. The van der Waals surface area contributed by atoms with Crippen LogP contribution in [0.1, 0.15) is 18.1 Å². The molecule has 0 fully saturated rings. The number of nitrogens with zero attached hydrogens (tertiary/aromatic N) is 1. The predicted octanol–water partition coefficient (Wildman–Crippen LogP) is 5.29. The Hall–Kier alpha value is -1.54. The second-order valence-corrected chi connectivity index (χ2v) is 7.33. The summed E-state index contributed by atoms with van der Waals surface area (Å²) in [5.41, 5.74) is 0.877. The van der Waals surface area contributed by atoms with E-state index < -0.39 is 17.0 Å². The molecule has 1 atom stereocenters. The minimum atomic E-state index is -4.42. The van der Waals surface area contributed by atoms with Gasteiger partial charge in [0.15, 0.2) is 0 Å². The summed E-state index contributed by atoms with van der Waals surface area (Å²) < 4.78 is 38.3. The van der Waals surface area contributed by atoms with E-state index in [0.717, 1.165) is 34.1 Å². The van der Waals surface area contributed by atoms with Crippen LogP contribution in [0, 0.1) is 6.92 Å². The second-order valence-electron chi connectivity index (χ2n) is 5.12. The van der Waals surface area contributed by atoms with Gasteiger partial charge in [-0.15, -0.1) is 0 Å². The van der Waals surface area contributed by atoms with E-state index in [-0.39, 0.29) is 5.91 Å². The number of thioether (sulfide) groups is 1. The Morgan fingerprint density at radius 2 is 2.00 bits per heavy atom. The lowest BCUT2D eigenvalue weighted by molar-refractivity contribution is -0.137. The van der Waals surface area contributed by atoms with Crippen LogP contribution in [0.4, 0.5) is 18.9 Å². The summed E-state index contributed by atoms with van der Waals surface area (Å²) in [6, 6.07) is 7.75. The van der Waals surface area contributed by atoms with E-state index in [2.05, 4.69) is 26.2 Å². The number of carbonyl (C=O) groups is 1. The van der Waals surface area contributed by atoms with Crippen LogP contribution >= 0.6 is 27.7 Å². The first kappa shape index (κ1) is 18.8. The van der Waals surface area contributed by atoms with Crippen LogP contribution in [-0.4, -0.2) is 16.1 Å². The van der Waals surface area contributed by atoms with Gasteiger partial charge in [-0.3, -0.25) is 4.79 Å². The minimum Gasteiger partial charge on any atom is -0.324 e. The largest absolute Gasteiger partial charge is 0.417 e. The number of hydrogen-bond donors (Lipinski definition) is 1. The number of pyridine rings is 1. The third-order valence-corrected chi connectivity index (χ3v) is 4.82. The summed E-state index contributed by atoms with van der Waals surface area (Å²) >= 11 is 4.47. The highest BCUT2D eigenvalue weighted by Gasteiger charge is 2.30. The molecule has 24 heavy (non-hydrogen) atoms. The Kier molecular flexibility index (Phi) is 5.92. The van der Waals surface area contributed by atoms with Gasteiger partial charge in [-0.25, -0.2) is 4.98 Å². The SMILES string of the molecule is Cc1ccc(NC(=O)C(C)Sc2ccc(C(F)(F)F)cn2)c(Br)c1. The molecule has 1 aromatic heterocycles. The van der Waals surface area contributed by atoms with Gasteiger partial charge in [0.05, 0.1) is 21.5 Å².